The lowest BCUT2D eigenvalue weighted by Crippen LogP contribution is -2.36. The fourth-order valence-corrected chi connectivity index (χ4v) is 2.85. The number of hydrogen-bond acceptors (Lipinski definition) is 10. The van der Waals surface area contributed by atoms with Crippen molar-refractivity contribution in [2.75, 3.05) is 57.5 Å². The van der Waals surface area contributed by atoms with Crippen molar-refractivity contribution in [3.63, 3.8) is 0 Å². The van der Waals surface area contributed by atoms with E-state index in [4.69, 9.17) is 54.8 Å². The van der Waals surface area contributed by atoms with Gasteiger partial charge in [0.05, 0.1) is 38.8 Å². The Morgan fingerprint density at radius 1 is 0.839 bits per heavy atom. The number of morpholine rings is 2. The van der Waals surface area contributed by atoms with E-state index in [2.05, 4.69) is 25.3 Å². The third kappa shape index (κ3) is 8.75. The number of anilines is 1. The van der Waals surface area contributed by atoms with E-state index in [0.29, 0.717) is 19.0 Å². The molecule has 0 amide bonds. The number of halogens is 3. The van der Waals surface area contributed by atoms with Gasteiger partial charge in [0, 0.05) is 26.2 Å². The molecule has 0 bridgehead atoms. The van der Waals surface area contributed by atoms with Crippen LogP contribution in [-0.4, -0.2) is 72.5 Å². The molecule has 0 saturated carbocycles. The van der Waals surface area contributed by atoms with E-state index in [1.54, 1.807) is 12.3 Å². The van der Waals surface area contributed by atoms with Crippen LogP contribution in [0.5, 0.6) is 0 Å². The van der Waals surface area contributed by atoms with Crippen LogP contribution in [0.25, 0.3) is 0 Å². The van der Waals surface area contributed by atoms with E-state index < -0.39 is 0 Å². The smallest absolute Gasteiger partial charge is 0.178 e. The maximum absolute atomic E-state index is 8.65. The van der Waals surface area contributed by atoms with Crippen molar-refractivity contribution < 1.29 is 9.47 Å². The molecule has 0 unspecified atom stereocenters. The molecular weight excluding hydrogens is 467 g/mol. The largest absolute Gasteiger partial charge is 0.379 e. The van der Waals surface area contributed by atoms with E-state index in [-0.39, 0.29) is 26.8 Å². The summed E-state index contributed by atoms with van der Waals surface area (Å²) in [5.74, 6) is 0.697. The topological polar surface area (TPSA) is 133 Å². The Balaban J connectivity index is 0.000000183. The van der Waals surface area contributed by atoms with Gasteiger partial charge in [-0.1, -0.05) is 34.8 Å². The molecule has 13 heteroatoms. The average molecular weight is 486 g/mol. The number of hydrogen-bond donors (Lipinski definition) is 1. The van der Waals surface area contributed by atoms with Gasteiger partial charge in [-0.15, -0.1) is 0 Å². The molecule has 1 N–H and O–H groups in total. The standard InChI is InChI=1S/C9H9ClN4O.C5HCl2N3.C4H9NO/c10-9-7(5-11)12-6-8(13-9)14-1-3-15-4-2-14;6-4-2-9-3(1-8)5(7)10-4;1-3-6-4-2-5-1/h6H,1-4H2;2H;5H,1-4H2. The summed E-state index contributed by atoms with van der Waals surface area (Å²) >= 11 is 16.7. The lowest BCUT2D eigenvalue weighted by Gasteiger charge is -2.27. The molecular formula is C18H19Cl3N8O2. The van der Waals surface area contributed by atoms with Crippen molar-refractivity contribution in [3.8, 4) is 12.1 Å². The minimum Gasteiger partial charge on any atom is -0.379 e. The molecule has 2 aromatic rings. The molecule has 2 aliphatic heterocycles. The van der Waals surface area contributed by atoms with Crippen molar-refractivity contribution in [2.24, 2.45) is 0 Å². The molecule has 2 aromatic heterocycles. The zero-order valence-electron chi connectivity index (χ0n) is 16.4. The molecule has 10 nitrogen and oxygen atoms in total. The highest BCUT2D eigenvalue weighted by molar-refractivity contribution is 6.32. The van der Waals surface area contributed by atoms with E-state index in [9.17, 15) is 0 Å². The first-order valence-electron chi connectivity index (χ1n) is 9.17. The monoisotopic (exact) mass is 484 g/mol. The molecule has 2 fully saturated rings. The summed E-state index contributed by atoms with van der Waals surface area (Å²) in [4.78, 5) is 17.3. The van der Waals surface area contributed by atoms with Crippen LogP contribution in [0.2, 0.25) is 15.5 Å². The van der Waals surface area contributed by atoms with Gasteiger partial charge < -0.3 is 19.7 Å². The lowest BCUT2D eigenvalue weighted by molar-refractivity contribution is 0.109. The molecule has 0 aliphatic carbocycles. The second-order valence-corrected chi connectivity index (χ2v) is 6.99. The highest BCUT2D eigenvalue weighted by Gasteiger charge is 2.14. The molecule has 0 radical (unpaired) electrons. The summed E-state index contributed by atoms with van der Waals surface area (Å²) in [7, 11) is 0. The Kier molecular flexibility index (Phi) is 11.2. The van der Waals surface area contributed by atoms with Crippen LogP contribution in [0.4, 0.5) is 5.82 Å². The first-order chi connectivity index (χ1) is 15.0. The molecule has 31 heavy (non-hydrogen) atoms. The van der Waals surface area contributed by atoms with Crippen LogP contribution in [0.3, 0.4) is 0 Å². The number of ether oxygens (including phenoxy) is 2. The fraction of sp³-hybridized carbons (Fsp3) is 0.444. The van der Waals surface area contributed by atoms with Gasteiger partial charge in [0.15, 0.2) is 21.7 Å². The van der Waals surface area contributed by atoms with Gasteiger partial charge >= 0.3 is 0 Å². The molecule has 0 spiro atoms. The number of aromatic nitrogens is 4. The van der Waals surface area contributed by atoms with Crippen LogP contribution in [0.1, 0.15) is 11.4 Å². The molecule has 2 aliphatic rings. The molecule has 2 saturated heterocycles. The van der Waals surface area contributed by atoms with Crippen molar-refractivity contribution >= 4 is 40.6 Å². The molecule has 4 heterocycles. The van der Waals surface area contributed by atoms with Crippen LogP contribution < -0.4 is 10.2 Å². The first kappa shape index (κ1) is 25.0. The normalized spacial score (nSPS) is 15.3. The Morgan fingerprint density at radius 2 is 1.39 bits per heavy atom. The van der Waals surface area contributed by atoms with E-state index >= 15 is 0 Å². The molecule has 164 valence electrons. The Morgan fingerprint density at radius 3 is 1.84 bits per heavy atom. The predicted molar refractivity (Wildman–Crippen MR) is 115 cm³/mol. The van der Waals surface area contributed by atoms with E-state index in [0.717, 1.165) is 39.4 Å². The SMILES string of the molecule is C1COCCN1.N#Cc1ncc(Cl)nc1Cl.N#Cc1ncc(N2CCOCC2)nc1Cl. The molecule has 0 atom stereocenters. The van der Waals surface area contributed by atoms with Crippen molar-refractivity contribution in [3.05, 3.63) is 39.2 Å². The Hall–Kier alpha value is -2.31. The molecule has 4 rings (SSSR count). The zero-order valence-corrected chi connectivity index (χ0v) is 18.7. The lowest BCUT2D eigenvalue weighted by atomic mass is 10.4. The third-order valence-electron chi connectivity index (χ3n) is 3.81. The predicted octanol–water partition coefficient (Wildman–Crippen LogP) is 2.10. The minimum absolute atomic E-state index is 0.0370. The minimum atomic E-state index is 0.0370. The maximum atomic E-state index is 8.65. The van der Waals surface area contributed by atoms with Gasteiger partial charge in [-0.3, -0.25) is 0 Å². The van der Waals surface area contributed by atoms with Crippen molar-refractivity contribution in [2.45, 2.75) is 0 Å². The van der Waals surface area contributed by atoms with Gasteiger partial charge in [-0.25, -0.2) is 19.9 Å². The summed E-state index contributed by atoms with van der Waals surface area (Å²) in [5, 5.41) is 20.5. The second kappa shape index (κ2) is 13.9. The Bertz CT molecular complexity index is 913. The number of nitrogens with one attached hydrogen (secondary N) is 1. The fourth-order valence-electron chi connectivity index (χ4n) is 2.32. The van der Waals surface area contributed by atoms with Crippen molar-refractivity contribution in [1.82, 2.24) is 25.3 Å². The summed E-state index contributed by atoms with van der Waals surface area (Å²) in [6.07, 6.45) is 2.84. The van der Waals surface area contributed by atoms with Crippen LogP contribution in [0.15, 0.2) is 12.4 Å². The van der Waals surface area contributed by atoms with Crippen LogP contribution >= 0.6 is 34.8 Å². The number of rotatable bonds is 1. The zero-order chi connectivity index (χ0) is 22.5. The van der Waals surface area contributed by atoms with Gasteiger partial charge in [0.2, 0.25) is 0 Å². The van der Waals surface area contributed by atoms with Gasteiger partial charge in [0.25, 0.3) is 0 Å². The van der Waals surface area contributed by atoms with Crippen LogP contribution in [0, 0.1) is 22.7 Å². The number of nitriles is 2. The number of nitrogens with zero attached hydrogens (tertiary/aromatic N) is 7. The van der Waals surface area contributed by atoms with E-state index in [1.165, 1.54) is 6.20 Å². The van der Waals surface area contributed by atoms with Crippen molar-refractivity contribution in [1.29, 1.82) is 10.5 Å². The summed E-state index contributed by atoms with van der Waals surface area (Å²) in [6.45, 7) is 6.74. The second-order valence-electron chi connectivity index (χ2n) is 5.89. The molecule has 0 aromatic carbocycles. The highest BCUT2D eigenvalue weighted by atomic mass is 35.5. The van der Waals surface area contributed by atoms with Crippen LogP contribution in [-0.2, 0) is 9.47 Å². The van der Waals surface area contributed by atoms with Gasteiger partial charge in [-0.2, -0.15) is 10.5 Å². The highest BCUT2D eigenvalue weighted by Crippen LogP contribution is 2.17. The van der Waals surface area contributed by atoms with Gasteiger partial charge in [-0.05, 0) is 0 Å². The first-order valence-corrected chi connectivity index (χ1v) is 10.3. The quantitative estimate of drug-likeness (QED) is 0.640. The summed E-state index contributed by atoms with van der Waals surface area (Å²) in [6, 6.07) is 3.63. The average Bonchev–Trinajstić information content (AvgIpc) is 2.82. The Labute approximate surface area is 194 Å². The summed E-state index contributed by atoms with van der Waals surface area (Å²) < 4.78 is 10.2. The third-order valence-corrected chi connectivity index (χ3v) is 4.52. The van der Waals surface area contributed by atoms with Gasteiger partial charge in [0.1, 0.15) is 23.1 Å². The maximum Gasteiger partial charge on any atom is 0.178 e. The summed E-state index contributed by atoms with van der Waals surface area (Å²) in [5.41, 5.74) is 0.250. The van der Waals surface area contributed by atoms with E-state index in [1.807, 2.05) is 11.0 Å².